The first-order valence-corrected chi connectivity index (χ1v) is 6.19. The van der Waals surface area contributed by atoms with Gasteiger partial charge in [0.05, 0.1) is 6.54 Å². The molecule has 1 aromatic heterocycles. The second kappa shape index (κ2) is 5.21. The molecule has 0 spiro atoms. The van der Waals surface area contributed by atoms with Crippen LogP contribution in [0.25, 0.3) is 0 Å². The Kier molecular flexibility index (Phi) is 3.80. The fourth-order valence-electron chi connectivity index (χ4n) is 1.75. The number of hydrogen-bond acceptors (Lipinski definition) is 1. The lowest BCUT2D eigenvalue weighted by atomic mass is 10.2. The maximum atomic E-state index is 12.8. The quantitative estimate of drug-likeness (QED) is 0.822. The van der Waals surface area contributed by atoms with Crippen LogP contribution in [0.3, 0.4) is 0 Å². The summed E-state index contributed by atoms with van der Waals surface area (Å²) in [7, 11) is 0. The Balaban J connectivity index is 2.48. The van der Waals surface area contributed by atoms with Crippen molar-refractivity contribution >= 4 is 15.9 Å². The average molecular weight is 332 g/mol. The number of halogens is 4. The van der Waals surface area contributed by atoms with Gasteiger partial charge in [-0.1, -0.05) is 34.1 Å². The molecule has 6 heteroatoms. The number of hydrogen-bond donors (Lipinski definition) is 0. The van der Waals surface area contributed by atoms with Crippen LogP contribution in [0.4, 0.5) is 13.2 Å². The van der Waals surface area contributed by atoms with Crippen molar-refractivity contribution in [3.05, 3.63) is 68.5 Å². The average Bonchev–Trinajstić information content (AvgIpc) is 2.30. The minimum Gasteiger partial charge on any atom is -0.300 e. The van der Waals surface area contributed by atoms with Crippen molar-refractivity contribution in [3.8, 4) is 0 Å². The Labute approximate surface area is 115 Å². The molecule has 0 aliphatic heterocycles. The van der Waals surface area contributed by atoms with Crippen molar-refractivity contribution in [2.24, 2.45) is 0 Å². The van der Waals surface area contributed by atoms with Gasteiger partial charge in [-0.2, -0.15) is 13.2 Å². The van der Waals surface area contributed by atoms with E-state index in [1.54, 1.807) is 24.3 Å². The third-order valence-electron chi connectivity index (χ3n) is 2.57. The highest BCUT2D eigenvalue weighted by atomic mass is 79.9. The summed E-state index contributed by atoms with van der Waals surface area (Å²) >= 11 is 3.24. The van der Waals surface area contributed by atoms with Crippen LogP contribution in [0, 0.1) is 0 Å². The van der Waals surface area contributed by atoms with Crippen molar-refractivity contribution in [2.45, 2.75) is 12.7 Å². The molecule has 0 bridgehead atoms. The van der Waals surface area contributed by atoms with Gasteiger partial charge >= 0.3 is 6.18 Å². The molecular weight excluding hydrogens is 323 g/mol. The topological polar surface area (TPSA) is 22.0 Å². The van der Waals surface area contributed by atoms with Crippen LogP contribution in [0.2, 0.25) is 0 Å². The summed E-state index contributed by atoms with van der Waals surface area (Å²) in [4.78, 5) is 11.6. The van der Waals surface area contributed by atoms with Crippen LogP contribution in [-0.4, -0.2) is 4.57 Å². The third-order valence-corrected chi connectivity index (χ3v) is 3.06. The van der Waals surface area contributed by atoms with Crippen molar-refractivity contribution in [1.29, 1.82) is 0 Å². The van der Waals surface area contributed by atoms with E-state index in [0.717, 1.165) is 27.2 Å². The standard InChI is InChI=1S/C13H9BrF3NO/c14-10-4-1-3-9(7-10)8-18-11(13(15,16)17)5-2-6-12(18)19/h1-7H,8H2. The second-order valence-corrected chi connectivity index (χ2v) is 4.88. The molecule has 0 saturated carbocycles. The molecular formula is C13H9BrF3NO. The van der Waals surface area contributed by atoms with Crippen LogP contribution in [0.15, 0.2) is 51.7 Å². The number of benzene rings is 1. The van der Waals surface area contributed by atoms with Crippen molar-refractivity contribution in [3.63, 3.8) is 0 Å². The minimum absolute atomic E-state index is 0.117. The third kappa shape index (κ3) is 3.26. The van der Waals surface area contributed by atoms with Gasteiger partial charge in [0.15, 0.2) is 0 Å². The first kappa shape index (κ1) is 13.9. The zero-order chi connectivity index (χ0) is 14.0. The van der Waals surface area contributed by atoms with Gasteiger partial charge in [-0.15, -0.1) is 0 Å². The second-order valence-electron chi connectivity index (χ2n) is 3.96. The van der Waals surface area contributed by atoms with E-state index in [-0.39, 0.29) is 6.54 Å². The molecule has 1 heterocycles. The van der Waals surface area contributed by atoms with Crippen molar-refractivity contribution < 1.29 is 13.2 Å². The first-order chi connectivity index (χ1) is 8.88. The van der Waals surface area contributed by atoms with Crippen molar-refractivity contribution in [2.75, 3.05) is 0 Å². The molecule has 2 nitrogen and oxygen atoms in total. The van der Waals surface area contributed by atoms with Gasteiger partial charge < -0.3 is 0 Å². The molecule has 0 fully saturated rings. The fraction of sp³-hybridized carbons (Fsp3) is 0.154. The summed E-state index contributed by atoms with van der Waals surface area (Å²) in [6, 6.07) is 9.96. The lowest BCUT2D eigenvalue weighted by Gasteiger charge is -2.15. The number of aromatic nitrogens is 1. The molecule has 19 heavy (non-hydrogen) atoms. The van der Waals surface area contributed by atoms with Gasteiger partial charge in [0.25, 0.3) is 5.56 Å². The Morgan fingerprint density at radius 3 is 2.42 bits per heavy atom. The molecule has 2 aromatic rings. The molecule has 0 aliphatic rings. The molecule has 0 amide bonds. The van der Waals surface area contributed by atoms with Crippen LogP contribution in [-0.2, 0) is 12.7 Å². The van der Waals surface area contributed by atoms with Gasteiger partial charge in [0.1, 0.15) is 5.69 Å². The minimum atomic E-state index is -4.55. The van der Waals surface area contributed by atoms with Gasteiger partial charge in [-0.05, 0) is 23.8 Å². The highest BCUT2D eigenvalue weighted by Gasteiger charge is 2.34. The zero-order valence-electron chi connectivity index (χ0n) is 9.62. The zero-order valence-corrected chi connectivity index (χ0v) is 11.2. The number of rotatable bonds is 2. The first-order valence-electron chi connectivity index (χ1n) is 5.39. The van der Waals surface area contributed by atoms with E-state index < -0.39 is 17.4 Å². The Morgan fingerprint density at radius 1 is 1.11 bits per heavy atom. The normalized spacial score (nSPS) is 11.6. The van der Waals surface area contributed by atoms with Gasteiger partial charge in [0.2, 0.25) is 0 Å². The smallest absolute Gasteiger partial charge is 0.300 e. The van der Waals surface area contributed by atoms with Crippen molar-refractivity contribution in [1.82, 2.24) is 4.57 Å². The molecule has 0 N–H and O–H groups in total. The Morgan fingerprint density at radius 2 is 1.79 bits per heavy atom. The molecule has 0 saturated heterocycles. The fourth-order valence-corrected chi connectivity index (χ4v) is 2.20. The summed E-state index contributed by atoms with van der Waals surface area (Å²) in [6.45, 7) is -0.117. The summed E-state index contributed by atoms with van der Waals surface area (Å²) in [6.07, 6.45) is -4.55. The molecule has 0 radical (unpaired) electrons. The highest BCUT2D eigenvalue weighted by molar-refractivity contribution is 9.10. The molecule has 0 unspecified atom stereocenters. The SMILES string of the molecule is O=c1cccc(C(F)(F)F)n1Cc1cccc(Br)c1. The molecule has 0 aliphatic carbocycles. The molecule has 1 aromatic carbocycles. The summed E-state index contributed by atoms with van der Waals surface area (Å²) in [5.74, 6) is 0. The monoisotopic (exact) mass is 331 g/mol. The van der Waals surface area contributed by atoms with E-state index in [4.69, 9.17) is 0 Å². The van der Waals surface area contributed by atoms with E-state index in [0.29, 0.717) is 5.56 Å². The lowest BCUT2D eigenvalue weighted by Crippen LogP contribution is -2.27. The number of pyridine rings is 1. The molecule has 2 rings (SSSR count). The van der Waals surface area contributed by atoms with Crippen LogP contribution >= 0.6 is 15.9 Å². The van der Waals surface area contributed by atoms with Gasteiger partial charge in [-0.3, -0.25) is 9.36 Å². The van der Waals surface area contributed by atoms with E-state index >= 15 is 0 Å². The maximum Gasteiger partial charge on any atom is 0.431 e. The summed E-state index contributed by atoms with van der Waals surface area (Å²) < 4.78 is 40.0. The van der Waals surface area contributed by atoms with E-state index in [9.17, 15) is 18.0 Å². The summed E-state index contributed by atoms with van der Waals surface area (Å²) in [5.41, 5.74) is -0.997. The van der Waals surface area contributed by atoms with Crippen LogP contribution in [0.5, 0.6) is 0 Å². The van der Waals surface area contributed by atoms with Crippen LogP contribution < -0.4 is 5.56 Å². The molecule has 100 valence electrons. The highest BCUT2D eigenvalue weighted by Crippen LogP contribution is 2.28. The molecule has 0 atom stereocenters. The summed E-state index contributed by atoms with van der Waals surface area (Å²) in [5, 5.41) is 0. The van der Waals surface area contributed by atoms with Crippen LogP contribution in [0.1, 0.15) is 11.3 Å². The van der Waals surface area contributed by atoms with E-state index in [1.807, 2.05) is 0 Å². The maximum absolute atomic E-state index is 12.8. The predicted molar refractivity (Wildman–Crippen MR) is 68.9 cm³/mol. The van der Waals surface area contributed by atoms with E-state index in [2.05, 4.69) is 15.9 Å². The van der Waals surface area contributed by atoms with Gasteiger partial charge in [0, 0.05) is 10.5 Å². The Bertz CT molecular complexity index is 649. The van der Waals surface area contributed by atoms with Gasteiger partial charge in [-0.25, -0.2) is 0 Å². The Hall–Kier alpha value is -1.56. The van der Waals surface area contributed by atoms with E-state index in [1.165, 1.54) is 0 Å². The lowest BCUT2D eigenvalue weighted by molar-refractivity contribution is -0.144. The number of nitrogens with zero attached hydrogens (tertiary/aromatic N) is 1. The predicted octanol–water partition coefficient (Wildman–Crippen LogP) is 3.68. The largest absolute Gasteiger partial charge is 0.431 e. The number of alkyl halides is 3.